The van der Waals surface area contributed by atoms with Crippen LogP contribution in [0, 0.1) is 5.41 Å². The topological polar surface area (TPSA) is 83.7 Å². The zero-order chi connectivity index (χ0) is 17.5. The van der Waals surface area contributed by atoms with Crippen LogP contribution in [-0.4, -0.2) is 55.8 Å². The van der Waals surface area contributed by atoms with Gasteiger partial charge in [0.05, 0.1) is 0 Å². The fourth-order valence-electron chi connectivity index (χ4n) is 3.41. The van der Waals surface area contributed by atoms with Crippen LogP contribution in [0.5, 0.6) is 0 Å². The summed E-state index contributed by atoms with van der Waals surface area (Å²) in [5.74, 6) is -0.192. The molecule has 0 aliphatic carbocycles. The average Bonchev–Trinajstić information content (AvgIpc) is 3.20. The molecule has 0 radical (unpaired) electrons. The van der Waals surface area contributed by atoms with Crippen molar-refractivity contribution < 1.29 is 13.2 Å². The molecule has 1 unspecified atom stereocenters. The lowest BCUT2D eigenvalue weighted by Gasteiger charge is -2.42. The number of piperidine rings is 1. The number of carbonyl (C=O) groups excluding carboxylic acids is 1. The highest BCUT2D eigenvalue weighted by atomic mass is 35.5. The molecule has 1 amide bonds. The predicted octanol–water partition coefficient (Wildman–Crippen LogP) is 2.15. The Bertz CT molecular complexity index is 727. The van der Waals surface area contributed by atoms with Crippen LogP contribution in [0.15, 0.2) is 16.3 Å². The Kier molecular flexibility index (Phi) is 6.21. The number of rotatable bonds is 3. The van der Waals surface area contributed by atoms with E-state index >= 15 is 0 Å². The van der Waals surface area contributed by atoms with Gasteiger partial charge in [-0.2, -0.15) is 4.31 Å². The first kappa shape index (κ1) is 20.6. The second-order valence-electron chi connectivity index (χ2n) is 7.34. The van der Waals surface area contributed by atoms with E-state index in [4.69, 9.17) is 5.73 Å². The van der Waals surface area contributed by atoms with Crippen LogP contribution in [0.25, 0.3) is 0 Å². The Labute approximate surface area is 159 Å². The van der Waals surface area contributed by atoms with Gasteiger partial charge in [-0.25, -0.2) is 8.42 Å². The number of sulfonamides is 1. The molecule has 2 saturated heterocycles. The molecule has 0 bridgehead atoms. The number of hydrogen-bond acceptors (Lipinski definition) is 5. The Morgan fingerprint density at radius 2 is 1.92 bits per heavy atom. The summed E-state index contributed by atoms with van der Waals surface area (Å²) in [7, 11) is -3.58. The number of halogens is 1. The summed E-state index contributed by atoms with van der Waals surface area (Å²) >= 11 is 1.21. The minimum absolute atomic E-state index is 0. The Balaban J connectivity index is 0.00000225. The van der Waals surface area contributed by atoms with E-state index in [1.807, 2.05) is 13.8 Å². The molecule has 2 aliphatic rings. The van der Waals surface area contributed by atoms with Gasteiger partial charge in [0.15, 0.2) is 0 Å². The Morgan fingerprint density at radius 3 is 2.52 bits per heavy atom. The van der Waals surface area contributed by atoms with Crippen LogP contribution in [0.4, 0.5) is 0 Å². The zero-order valence-corrected chi connectivity index (χ0v) is 17.1. The van der Waals surface area contributed by atoms with Crippen molar-refractivity contribution in [1.82, 2.24) is 9.21 Å². The van der Waals surface area contributed by atoms with Crippen LogP contribution in [0.1, 0.15) is 42.8 Å². The van der Waals surface area contributed by atoms with Crippen LogP contribution >= 0.6 is 23.7 Å². The molecule has 0 aromatic carbocycles. The van der Waals surface area contributed by atoms with E-state index in [1.54, 1.807) is 16.3 Å². The maximum absolute atomic E-state index is 13.0. The second kappa shape index (κ2) is 7.52. The average molecular weight is 408 g/mol. The van der Waals surface area contributed by atoms with Crippen LogP contribution in [0.2, 0.25) is 0 Å². The minimum Gasteiger partial charge on any atom is -0.337 e. The number of carbonyl (C=O) groups is 1. The number of nitrogens with two attached hydrogens (primary N) is 1. The third kappa shape index (κ3) is 3.88. The molecule has 9 heteroatoms. The predicted molar refractivity (Wildman–Crippen MR) is 102 cm³/mol. The van der Waals surface area contributed by atoms with Crippen molar-refractivity contribution in [1.29, 1.82) is 0 Å². The molecular formula is C16H26ClN3O3S2. The molecule has 142 valence electrons. The van der Waals surface area contributed by atoms with E-state index in [0.717, 1.165) is 19.3 Å². The van der Waals surface area contributed by atoms with Gasteiger partial charge in [-0.15, -0.1) is 23.7 Å². The summed E-state index contributed by atoms with van der Waals surface area (Å²) in [4.78, 5) is 15.2. The number of nitrogens with zero attached hydrogens (tertiary/aromatic N) is 2. The summed E-state index contributed by atoms with van der Waals surface area (Å²) in [5, 5.41) is 1.69. The Hall–Kier alpha value is -0.670. The van der Waals surface area contributed by atoms with Gasteiger partial charge >= 0.3 is 0 Å². The number of hydrogen-bond donors (Lipinski definition) is 1. The van der Waals surface area contributed by atoms with E-state index < -0.39 is 10.0 Å². The van der Waals surface area contributed by atoms with Gasteiger partial charge in [0.1, 0.15) is 9.77 Å². The maximum Gasteiger partial charge on any atom is 0.265 e. The molecule has 6 nitrogen and oxygen atoms in total. The molecular weight excluding hydrogens is 382 g/mol. The molecule has 1 atom stereocenters. The smallest absolute Gasteiger partial charge is 0.265 e. The van der Waals surface area contributed by atoms with Crippen LogP contribution in [0.3, 0.4) is 0 Å². The van der Waals surface area contributed by atoms with Crippen molar-refractivity contribution in [2.75, 3.05) is 26.2 Å². The highest BCUT2D eigenvalue weighted by Crippen LogP contribution is 2.32. The molecule has 0 saturated carbocycles. The molecule has 2 N–H and O–H groups in total. The van der Waals surface area contributed by atoms with E-state index in [2.05, 4.69) is 0 Å². The fourth-order valence-corrected chi connectivity index (χ4v) is 6.29. The van der Waals surface area contributed by atoms with Gasteiger partial charge in [0.2, 0.25) is 10.0 Å². The van der Waals surface area contributed by atoms with Crippen molar-refractivity contribution in [3.63, 3.8) is 0 Å². The first-order valence-electron chi connectivity index (χ1n) is 8.36. The van der Waals surface area contributed by atoms with Gasteiger partial charge in [-0.05, 0) is 36.1 Å². The summed E-state index contributed by atoms with van der Waals surface area (Å²) in [6, 6.07) is 1.62. The molecule has 3 rings (SSSR count). The van der Waals surface area contributed by atoms with E-state index in [0.29, 0.717) is 31.1 Å². The molecule has 2 aliphatic heterocycles. The van der Waals surface area contributed by atoms with Gasteiger partial charge in [0, 0.05) is 32.2 Å². The summed E-state index contributed by atoms with van der Waals surface area (Å²) in [6.45, 7) is 6.30. The summed E-state index contributed by atoms with van der Waals surface area (Å²) in [5.41, 5.74) is 5.97. The lowest BCUT2D eigenvalue weighted by Crippen LogP contribution is -2.54. The zero-order valence-electron chi connectivity index (χ0n) is 14.6. The molecule has 1 aromatic heterocycles. The van der Waals surface area contributed by atoms with E-state index in [-0.39, 0.29) is 34.7 Å². The molecule has 25 heavy (non-hydrogen) atoms. The quantitative estimate of drug-likeness (QED) is 0.832. The van der Waals surface area contributed by atoms with Crippen molar-refractivity contribution in [3.05, 3.63) is 16.3 Å². The van der Waals surface area contributed by atoms with Gasteiger partial charge < -0.3 is 10.6 Å². The third-order valence-corrected chi connectivity index (χ3v) is 8.08. The SMILES string of the molecule is CC1(C)CN(C(=O)c2sccc2S(=O)(=O)N2CCCC2)CCC1N.Cl. The first-order valence-corrected chi connectivity index (χ1v) is 10.7. The minimum atomic E-state index is -3.58. The molecule has 0 spiro atoms. The van der Waals surface area contributed by atoms with Gasteiger partial charge in [-0.3, -0.25) is 4.79 Å². The lowest BCUT2D eigenvalue weighted by molar-refractivity contribution is 0.0534. The van der Waals surface area contributed by atoms with E-state index in [9.17, 15) is 13.2 Å². The molecule has 3 heterocycles. The van der Waals surface area contributed by atoms with Crippen molar-refractivity contribution in [2.24, 2.45) is 11.1 Å². The van der Waals surface area contributed by atoms with Gasteiger partial charge in [0.25, 0.3) is 5.91 Å². The van der Waals surface area contributed by atoms with E-state index in [1.165, 1.54) is 15.6 Å². The third-order valence-electron chi connectivity index (χ3n) is 5.11. The van der Waals surface area contributed by atoms with Crippen molar-refractivity contribution >= 4 is 39.7 Å². The van der Waals surface area contributed by atoms with Crippen molar-refractivity contribution in [2.45, 2.75) is 44.0 Å². The normalized spacial score (nSPS) is 24.1. The standard InChI is InChI=1S/C16H25N3O3S2.ClH/c1-16(2)11-18(9-5-13(16)17)15(20)14-12(6-10-23-14)24(21,22)19-7-3-4-8-19;/h6,10,13H,3-5,7-9,11,17H2,1-2H3;1H. The van der Waals surface area contributed by atoms with Crippen LogP contribution in [-0.2, 0) is 10.0 Å². The van der Waals surface area contributed by atoms with Crippen molar-refractivity contribution in [3.8, 4) is 0 Å². The first-order chi connectivity index (χ1) is 11.2. The molecule has 1 aromatic rings. The number of amides is 1. The fraction of sp³-hybridized carbons (Fsp3) is 0.688. The van der Waals surface area contributed by atoms with Gasteiger partial charge in [-0.1, -0.05) is 13.8 Å². The maximum atomic E-state index is 13.0. The monoisotopic (exact) mass is 407 g/mol. The largest absolute Gasteiger partial charge is 0.337 e. The lowest BCUT2D eigenvalue weighted by atomic mass is 9.79. The highest BCUT2D eigenvalue weighted by molar-refractivity contribution is 7.89. The van der Waals surface area contributed by atoms with Crippen LogP contribution < -0.4 is 5.73 Å². The summed E-state index contributed by atoms with van der Waals surface area (Å²) < 4.78 is 27.1. The number of likely N-dealkylation sites (tertiary alicyclic amines) is 1. The second-order valence-corrected chi connectivity index (χ2v) is 10.2. The highest BCUT2D eigenvalue weighted by Gasteiger charge is 2.38. The molecule has 2 fully saturated rings. The Morgan fingerprint density at radius 1 is 1.28 bits per heavy atom. The number of thiophene rings is 1. The summed E-state index contributed by atoms with van der Waals surface area (Å²) in [6.07, 6.45) is 2.49.